The molecule has 0 spiro atoms. The predicted molar refractivity (Wildman–Crippen MR) is 59.1 cm³/mol. The van der Waals surface area contributed by atoms with Gasteiger partial charge >= 0.3 is 0 Å². The Bertz CT molecular complexity index is 296. The van der Waals surface area contributed by atoms with Crippen molar-refractivity contribution < 1.29 is 4.79 Å². The zero-order valence-corrected chi connectivity index (χ0v) is 9.34. The molecule has 2 N–H and O–H groups in total. The van der Waals surface area contributed by atoms with Crippen LogP contribution in [0.2, 0.25) is 0 Å². The molecule has 0 aliphatic heterocycles. The molecule has 0 aromatic carbocycles. The van der Waals surface area contributed by atoms with E-state index in [0.29, 0.717) is 6.42 Å². The van der Waals surface area contributed by atoms with Gasteiger partial charge in [0.15, 0.2) is 0 Å². The number of carbonyl (C=O) groups is 1. The first-order valence-electron chi connectivity index (χ1n) is 4.92. The van der Waals surface area contributed by atoms with Crippen molar-refractivity contribution in [1.29, 1.82) is 0 Å². The Morgan fingerprint density at radius 3 is 2.64 bits per heavy atom. The van der Waals surface area contributed by atoms with Crippen LogP contribution in [0, 0.1) is 5.41 Å². The van der Waals surface area contributed by atoms with E-state index in [-0.39, 0.29) is 11.3 Å². The van der Waals surface area contributed by atoms with Gasteiger partial charge in [0.25, 0.3) is 0 Å². The summed E-state index contributed by atoms with van der Waals surface area (Å²) >= 11 is 5.60. The number of nitrogens with two attached hydrogens (primary N) is 1. The lowest BCUT2D eigenvalue weighted by Gasteiger charge is -2.33. The molecule has 0 amide bonds. The average Bonchev–Trinajstić information content (AvgIpc) is 2.17. The molecule has 0 heterocycles. The standard InChI is InChI=1S/C11H16ClNO/c1-3-8-5-6-11(4-2,10(12)14)9(13)7-8/h5-7,9H,3-4,13H2,1-2H3. The first kappa shape index (κ1) is 11.5. The summed E-state index contributed by atoms with van der Waals surface area (Å²) in [5.74, 6) is 0. The molecule has 0 bridgehead atoms. The van der Waals surface area contributed by atoms with E-state index in [0.717, 1.165) is 6.42 Å². The van der Waals surface area contributed by atoms with Crippen LogP contribution in [-0.4, -0.2) is 11.3 Å². The molecule has 0 saturated carbocycles. The van der Waals surface area contributed by atoms with Crippen LogP contribution < -0.4 is 5.73 Å². The van der Waals surface area contributed by atoms with Crippen molar-refractivity contribution >= 4 is 16.8 Å². The van der Waals surface area contributed by atoms with Crippen LogP contribution in [-0.2, 0) is 4.79 Å². The second kappa shape index (κ2) is 4.28. The van der Waals surface area contributed by atoms with Gasteiger partial charge in [-0.15, -0.1) is 0 Å². The van der Waals surface area contributed by atoms with Crippen molar-refractivity contribution in [3.8, 4) is 0 Å². The zero-order valence-electron chi connectivity index (χ0n) is 8.59. The molecule has 0 saturated heterocycles. The molecule has 1 rings (SSSR count). The van der Waals surface area contributed by atoms with Crippen LogP contribution in [0.1, 0.15) is 26.7 Å². The molecule has 2 atom stereocenters. The summed E-state index contributed by atoms with van der Waals surface area (Å²) < 4.78 is 0. The minimum atomic E-state index is -0.694. The normalized spacial score (nSPS) is 31.4. The Morgan fingerprint density at radius 2 is 2.29 bits per heavy atom. The summed E-state index contributed by atoms with van der Waals surface area (Å²) in [6, 6.07) is -0.294. The largest absolute Gasteiger partial charge is 0.323 e. The highest BCUT2D eigenvalue weighted by Crippen LogP contribution is 2.35. The van der Waals surface area contributed by atoms with E-state index in [9.17, 15) is 4.79 Å². The van der Waals surface area contributed by atoms with Gasteiger partial charge in [-0.2, -0.15) is 0 Å². The molecule has 1 aliphatic rings. The van der Waals surface area contributed by atoms with E-state index >= 15 is 0 Å². The first-order valence-corrected chi connectivity index (χ1v) is 5.30. The Balaban J connectivity index is 3.01. The fourth-order valence-electron chi connectivity index (χ4n) is 1.73. The van der Waals surface area contributed by atoms with Gasteiger partial charge in [-0.25, -0.2) is 0 Å². The smallest absolute Gasteiger partial charge is 0.233 e. The highest BCUT2D eigenvalue weighted by Gasteiger charge is 2.39. The third-order valence-electron chi connectivity index (χ3n) is 2.94. The van der Waals surface area contributed by atoms with E-state index in [1.54, 1.807) is 0 Å². The van der Waals surface area contributed by atoms with Gasteiger partial charge in [0.1, 0.15) is 0 Å². The van der Waals surface area contributed by atoms with Crippen molar-refractivity contribution in [3.63, 3.8) is 0 Å². The molecule has 78 valence electrons. The minimum absolute atomic E-state index is 0.294. The van der Waals surface area contributed by atoms with Gasteiger partial charge in [0.2, 0.25) is 5.24 Å². The summed E-state index contributed by atoms with van der Waals surface area (Å²) in [7, 11) is 0. The molecule has 2 unspecified atom stereocenters. The Hall–Kier alpha value is -0.600. The molecular weight excluding hydrogens is 198 g/mol. The van der Waals surface area contributed by atoms with E-state index < -0.39 is 5.41 Å². The van der Waals surface area contributed by atoms with Gasteiger partial charge in [-0.05, 0) is 24.4 Å². The summed E-state index contributed by atoms with van der Waals surface area (Å²) in [4.78, 5) is 11.4. The van der Waals surface area contributed by atoms with Gasteiger partial charge in [0.05, 0.1) is 5.41 Å². The van der Waals surface area contributed by atoms with Crippen molar-refractivity contribution in [3.05, 3.63) is 23.8 Å². The second-order valence-electron chi connectivity index (χ2n) is 3.62. The third-order valence-corrected chi connectivity index (χ3v) is 3.29. The summed E-state index contributed by atoms with van der Waals surface area (Å²) in [5, 5.41) is -0.366. The molecule has 14 heavy (non-hydrogen) atoms. The van der Waals surface area contributed by atoms with Gasteiger partial charge in [0, 0.05) is 6.04 Å². The lowest BCUT2D eigenvalue weighted by atomic mass is 9.75. The van der Waals surface area contributed by atoms with Crippen molar-refractivity contribution in [1.82, 2.24) is 0 Å². The van der Waals surface area contributed by atoms with Crippen LogP contribution >= 0.6 is 11.6 Å². The van der Waals surface area contributed by atoms with Crippen molar-refractivity contribution in [2.24, 2.45) is 11.1 Å². The molecule has 0 fully saturated rings. The molecule has 3 heteroatoms. The van der Waals surface area contributed by atoms with E-state index in [1.807, 2.05) is 25.2 Å². The number of allylic oxidation sites excluding steroid dienone is 2. The summed E-state index contributed by atoms with van der Waals surface area (Å²) in [5.41, 5.74) is 6.43. The summed E-state index contributed by atoms with van der Waals surface area (Å²) in [6.07, 6.45) is 7.31. The van der Waals surface area contributed by atoms with Crippen LogP contribution in [0.4, 0.5) is 0 Å². The fraction of sp³-hybridized carbons (Fsp3) is 0.545. The first-order chi connectivity index (χ1) is 6.56. The zero-order chi connectivity index (χ0) is 10.8. The second-order valence-corrected chi connectivity index (χ2v) is 3.97. The molecule has 0 aromatic rings. The van der Waals surface area contributed by atoms with Gasteiger partial charge in [-0.3, -0.25) is 4.79 Å². The highest BCUT2D eigenvalue weighted by molar-refractivity contribution is 6.65. The molecule has 0 aromatic heterocycles. The van der Waals surface area contributed by atoms with Crippen LogP contribution in [0.3, 0.4) is 0 Å². The number of carbonyl (C=O) groups excluding carboxylic acids is 1. The Labute approximate surface area is 89.8 Å². The van der Waals surface area contributed by atoms with Crippen molar-refractivity contribution in [2.45, 2.75) is 32.7 Å². The maximum absolute atomic E-state index is 11.4. The lowest BCUT2D eigenvalue weighted by Crippen LogP contribution is -2.44. The monoisotopic (exact) mass is 213 g/mol. The highest BCUT2D eigenvalue weighted by atomic mass is 35.5. The maximum atomic E-state index is 11.4. The van der Waals surface area contributed by atoms with Crippen LogP contribution in [0.15, 0.2) is 23.8 Å². The van der Waals surface area contributed by atoms with E-state index in [4.69, 9.17) is 17.3 Å². The fourth-order valence-corrected chi connectivity index (χ4v) is 2.05. The molecule has 0 radical (unpaired) electrons. The van der Waals surface area contributed by atoms with Gasteiger partial charge in [-0.1, -0.05) is 37.6 Å². The quantitative estimate of drug-likeness (QED) is 0.732. The van der Waals surface area contributed by atoms with E-state index in [1.165, 1.54) is 5.57 Å². The summed E-state index contributed by atoms with van der Waals surface area (Å²) in [6.45, 7) is 3.99. The van der Waals surface area contributed by atoms with Gasteiger partial charge < -0.3 is 5.73 Å². The third kappa shape index (κ3) is 1.77. The van der Waals surface area contributed by atoms with Crippen molar-refractivity contribution in [2.75, 3.05) is 0 Å². The van der Waals surface area contributed by atoms with Crippen LogP contribution in [0.25, 0.3) is 0 Å². The Kier molecular flexibility index (Phi) is 3.51. The Morgan fingerprint density at radius 1 is 1.64 bits per heavy atom. The minimum Gasteiger partial charge on any atom is -0.323 e. The number of rotatable bonds is 3. The number of hydrogen-bond donors (Lipinski definition) is 1. The topological polar surface area (TPSA) is 43.1 Å². The maximum Gasteiger partial charge on any atom is 0.233 e. The van der Waals surface area contributed by atoms with Crippen LogP contribution in [0.5, 0.6) is 0 Å². The number of hydrogen-bond acceptors (Lipinski definition) is 2. The number of halogens is 1. The molecule has 1 aliphatic carbocycles. The average molecular weight is 214 g/mol. The molecule has 2 nitrogen and oxygen atoms in total. The predicted octanol–water partition coefficient (Wildman–Crippen LogP) is 2.38. The lowest BCUT2D eigenvalue weighted by molar-refractivity contribution is -0.118. The molecular formula is C11H16ClNO. The van der Waals surface area contributed by atoms with E-state index in [2.05, 4.69) is 6.92 Å². The SMILES string of the molecule is CCC1=CC(N)C(CC)(C(=O)Cl)C=C1.